The smallest absolute Gasteiger partial charge is 0.327 e. The van der Waals surface area contributed by atoms with Crippen molar-refractivity contribution in [2.45, 2.75) is 19.4 Å². The molecule has 0 unspecified atom stereocenters. The molecule has 1 aromatic carbocycles. The van der Waals surface area contributed by atoms with Gasteiger partial charge < -0.3 is 15.2 Å². The lowest BCUT2D eigenvalue weighted by Crippen LogP contribution is -2.40. The summed E-state index contributed by atoms with van der Waals surface area (Å²) in [6.07, 6.45) is 4.92. The minimum Gasteiger partial charge on any atom is -0.480 e. The zero-order valence-electron chi connectivity index (χ0n) is 10.8. The summed E-state index contributed by atoms with van der Waals surface area (Å²) in [6.45, 7) is 1.24. The third-order valence-corrected chi connectivity index (χ3v) is 2.28. The number of carbonyl (C=O) groups is 3. The topological polar surface area (TPSA) is 92.7 Å². The molecule has 0 heterocycles. The fourth-order valence-electron chi connectivity index (χ4n) is 1.43. The highest BCUT2D eigenvalue weighted by atomic mass is 16.5. The Hall–Kier alpha value is -2.81. The highest BCUT2D eigenvalue weighted by Gasteiger charge is 2.19. The van der Waals surface area contributed by atoms with E-state index in [1.54, 1.807) is 0 Å². The molecule has 1 rings (SSSR count). The van der Waals surface area contributed by atoms with Gasteiger partial charge in [0.25, 0.3) is 5.91 Å². The molecule has 0 saturated carbocycles. The molecule has 0 aromatic heterocycles. The lowest BCUT2D eigenvalue weighted by atomic mass is 10.1. The van der Waals surface area contributed by atoms with Crippen LogP contribution in [0.15, 0.2) is 24.3 Å². The van der Waals surface area contributed by atoms with Crippen molar-refractivity contribution >= 4 is 17.8 Å². The summed E-state index contributed by atoms with van der Waals surface area (Å²) in [7, 11) is 0. The van der Waals surface area contributed by atoms with Crippen LogP contribution in [0, 0.1) is 12.3 Å². The van der Waals surface area contributed by atoms with Gasteiger partial charge in [-0.25, -0.2) is 4.79 Å². The molecular formula is C14H13NO5. The molecular weight excluding hydrogens is 262 g/mol. The number of carbonyl (C=O) groups excluding carboxylic acids is 2. The van der Waals surface area contributed by atoms with E-state index in [4.69, 9.17) is 16.3 Å². The predicted octanol–water partition coefficient (Wildman–Crippen LogP) is 0.818. The molecule has 0 aliphatic rings. The maximum Gasteiger partial charge on any atom is 0.327 e. The van der Waals surface area contributed by atoms with Crippen LogP contribution >= 0.6 is 0 Å². The molecule has 0 fully saturated rings. The van der Waals surface area contributed by atoms with Crippen molar-refractivity contribution in [2.75, 3.05) is 0 Å². The Labute approximate surface area is 115 Å². The van der Waals surface area contributed by atoms with E-state index >= 15 is 0 Å². The van der Waals surface area contributed by atoms with Gasteiger partial charge in [-0.2, -0.15) is 0 Å². The van der Waals surface area contributed by atoms with Crippen LogP contribution in [0.25, 0.3) is 0 Å². The lowest BCUT2D eigenvalue weighted by Gasteiger charge is -2.12. The highest BCUT2D eigenvalue weighted by Crippen LogP contribution is 2.13. The molecule has 0 aliphatic carbocycles. The summed E-state index contributed by atoms with van der Waals surface area (Å²) in [5.41, 5.74) is 0.173. The van der Waals surface area contributed by atoms with E-state index in [-0.39, 0.29) is 17.7 Å². The lowest BCUT2D eigenvalue weighted by molar-refractivity contribution is -0.139. The number of benzene rings is 1. The average Bonchev–Trinajstić information content (AvgIpc) is 2.37. The van der Waals surface area contributed by atoms with Gasteiger partial charge in [0.2, 0.25) is 0 Å². The fraction of sp³-hybridized carbons (Fsp3) is 0.214. The van der Waals surface area contributed by atoms with Crippen LogP contribution in [0.1, 0.15) is 23.7 Å². The summed E-state index contributed by atoms with van der Waals surface area (Å²) < 4.78 is 4.84. The van der Waals surface area contributed by atoms with Crippen LogP contribution in [-0.2, 0) is 9.59 Å². The van der Waals surface area contributed by atoms with Crippen LogP contribution in [0.2, 0.25) is 0 Å². The molecule has 0 spiro atoms. The largest absolute Gasteiger partial charge is 0.480 e. The normalized spacial score (nSPS) is 11.0. The van der Waals surface area contributed by atoms with Gasteiger partial charge in [-0.3, -0.25) is 9.59 Å². The Bertz CT molecular complexity index is 573. The van der Waals surface area contributed by atoms with E-state index < -0.39 is 23.9 Å². The number of hydrogen-bond donors (Lipinski definition) is 2. The minimum atomic E-state index is -1.22. The van der Waals surface area contributed by atoms with Crippen LogP contribution in [0.3, 0.4) is 0 Å². The highest BCUT2D eigenvalue weighted by molar-refractivity contribution is 5.97. The van der Waals surface area contributed by atoms with Gasteiger partial charge in [0.05, 0.1) is 0 Å². The molecule has 6 nitrogen and oxygen atoms in total. The molecule has 104 valence electrons. The van der Waals surface area contributed by atoms with Crippen molar-refractivity contribution in [1.29, 1.82) is 0 Å². The number of amides is 1. The fourth-order valence-corrected chi connectivity index (χ4v) is 1.43. The number of nitrogens with one attached hydrogen (secondary N) is 1. The molecule has 0 bridgehead atoms. The summed E-state index contributed by atoms with van der Waals surface area (Å²) in [5.74, 6) is 0.0409. The van der Waals surface area contributed by atoms with Gasteiger partial charge in [0.1, 0.15) is 11.8 Å². The summed E-state index contributed by atoms with van der Waals surface area (Å²) >= 11 is 0. The van der Waals surface area contributed by atoms with E-state index in [0.717, 1.165) is 0 Å². The second kappa shape index (κ2) is 6.95. The first-order valence-corrected chi connectivity index (χ1v) is 5.69. The first kappa shape index (κ1) is 15.2. The standard InChI is InChI=1S/C14H13NO5/c1-3-5-12(14(18)19)15-13(17)10-6-4-7-11(8-10)20-9(2)16/h1,4,6-8,12H,5H2,2H3,(H,15,17)(H,18,19)/t12-/m0/s1. The Morgan fingerprint density at radius 2 is 2.15 bits per heavy atom. The second-order valence-electron chi connectivity index (χ2n) is 3.89. The maximum absolute atomic E-state index is 11.9. The number of carboxylic acids is 1. The van der Waals surface area contributed by atoms with Crippen LogP contribution in [-0.4, -0.2) is 29.0 Å². The quantitative estimate of drug-likeness (QED) is 0.471. The second-order valence-corrected chi connectivity index (χ2v) is 3.89. The maximum atomic E-state index is 11.9. The van der Waals surface area contributed by atoms with Gasteiger partial charge in [0.15, 0.2) is 0 Å². The molecule has 0 radical (unpaired) electrons. The Kier molecular flexibility index (Phi) is 5.30. The van der Waals surface area contributed by atoms with Crippen molar-refractivity contribution in [2.24, 2.45) is 0 Å². The zero-order valence-corrected chi connectivity index (χ0v) is 10.8. The molecule has 1 amide bonds. The molecule has 0 saturated heterocycles. The SMILES string of the molecule is C#CC[C@H](NC(=O)c1cccc(OC(C)=O)c1)C(=O)O. The molecule has 1 aromatic rings. The molecule has 1 atom stereocenters. The van der Waals surface area contributed by atoms with Crippen LogP contribution < -0.4 is 10.1 Å². The Morgan fingerprint density at radius 3 is 2.70 bits per heavy atom. The summed E-state index contributed by atoms with van der Waals surface area (Å²) in [4.78, 5) is 33.6. The van der Waals surface area contributed by atoms with Gasteiger partial charge in [-0.15, -0.1) is 12.3 Å². The number of terminal acetylenes is 1. The number of carboxylic acid groups (broad SMARTS) is 1. The summed E-state index contributed by atoms with van der Waals surface area (Å²) in [5, 5.41) is 11.2. The van der Waals surface area contributed by atoms with Crippen molar-refractivity contribution in [3.8, 4) is 18.1 Å². The predicted molar refractivity (Wildman–Crippen MR) is 70.1 cm³/mol. The zero-order chi connectivity index (χ0) is 15.1. The third kappa shape index (κ3) is 4.46. The first-order valence-electron chi connectivity index (χ1n) is 5.69. The molecule has 2 N–H and O–H groups in total. The van der Waals surface area contributed by atoms with Crippen molar-refractivity contribution < 1.29 is 24.2 Å². The number of ether oxygens (including phenoxy) is 1. The molecule has 20 heavy (non-hydrogen) atoms. The van der Waals surface area contributed by atoms with Gasteiger partial charge in [-0.05, 0) is 18.2 Å². The number of rotatable bonds is 5. The van der Waals surface area contributed by atoms with E-state index in [9.17, 15) is 14.4 Å². The average molecular weight is 275 g/mol. The van der Waals surface area contributed by atoms with Gasteiger partial charge in [-0.1, -0.05) is 6.07 Å². The molecule has 6 heteroatoms. The molecule has 0 aliphatic heterocycles. The van der Waals surface area contributed by atoms with Crippen molar-refractivity contribution in [3.05, 3.63) is 29.8 Å². The number of esters is 1. The van der Waals surface area contributed by atoms with Gasteiger partial charge in [0, 0.05) is 18.9 Å². The minimum absolute atomic E-state index is 0.120. The first-order chi connectivity index (χ1) is 9.43. The van der Waals surface area contributed by atoms with Gasteiger partial charge >= 0.3 is 11.9 Å². The Morgan fingerprint density at radius 1 is 1.45 bits per heavy atom. The van der Waals surface area contributed by atoms with Crippen LogP contribution in [0.5, 0.6) is 5.75 Å². The van der Waals surface area contributed by atoms with E-state index in [2.05, 4.69) is 11.2 Å². The Balaban J connectivity index is 2.84. The van der Waals surface area contributed by atoms with E-state index in [0.29, 0.717) is 0 Å². The summed E-state index contributed by atoms with van der Waals surface area (Å²) in [6, 6.07) is 4.67. The van der Waals surface area contributed by atoms with Crippen molar-refractivity contribution in [3.63, 3.8) is 0 Å². The van der Waals surface area contributed by atoms with Crippen molar-refractivity contribution in [1.82, 2.24) is 5.32 Å². The number of hydrogen-bond acceptors (Lipinski definition) is 4. The monoisotopic (exact) mass is 275 g/mol. The van der Waals surface area contributed by atoms with E-state index in [1.807, 2.05) is 0 Å². The third-order valence-electron chi connectivity index (χ3n) is 2.28. The number of aliphatic carboxylic acids is 1. The van der Waals surface area contributed by atoms with Crippen LogP contribution in [0.4, 0.5) is 0 Å². The van der Waals surface area contributed by atoms with E-state index in [1.165, 1.54) is 31.2 Å².